The van der Waals surface area contributed by atoms with E-state index in [4.69, 9.17) is 11.6 Å². The maximum absolute atomic E-state index is 12.3. The lowest BCUT2D eigenvalue weighted by Crippen LogP contribution is -2.27. The van der Waals surface area contributed by atoms with Crippen molar-refractivity contribution in [1.82, 2.24) is 9.78 Å². The Balaban J connectivity index is 2.18. The first-order chi connectivity index (χ1) is 9.97. The molecule has 0 fully saturated rings. The van der Waals surface area contributed by atoms with Gasteiger partial charge in [-0.1, -0.05) is 23.7 Å². The van der Waals surface area contributed by atoms with Gasteiger partial charge in [0.25, 0.3) is 5.56 Å². The van der Waals surface area contributed by atoms with Crippen molar-refractivity contribution in [3.63, 3.8) is 0 Å². The number of rotatable bonds is 2. The second kappa shape index (κ2) is 5.07. The zero-order valence-electron chi connectivity index (χ0n) is 11.8. The third-order valence-corrected chi connectivity index (χ3v) is 3.96. The molecule has 2 N–H and O–H groups in total. The second-order valence-corrected chi connectivity index (χ2v) is 5.96. The van der Waals surface area contributed by atoms with Crippen molar-refractivity contribution in [1.29, 1.82) is 0 Å². The van der Waals surface area contributed by atoms with Gasteiger partial charge in [0, 0.05) is 23.4 Å². The van der Waals surface area contributed by atoms with E-state index in [9.17, 15) is 9.59 Å². The van der Waals surface area contributed by atoms with Gasteiger partial charge in [0.15, 0.2) is 0 Å². The van der Waals surface area contributed by atoms with Crippen molar-refractivity contribution >= 4 is 23.3 Å². The quantitative estimate of drug-likeness (QED) is 0.896. The van der Waals surface area contributed by atoms with Crippen molar-refractivity contribution in [3.8, 4) is 0 Å². The lowest BCUT2D eigenvalue weighted by molar-refractivity contribution is -0.116. The number of H-pyrrole nitrogens is 1. The lowest BCUT2D eigenvalue weighted by Gasteiger charge is -2.24. The van der Waals surface area contributed by atoms with Crippen LogP contribution in [0.1, 0.15) is 43.4 Å². The summed E-state index contributed by atoms with van der Waals surface area (Å²) in [6, 6.07) is 7.36. The Kier molecular flexibility index (Phi) is 3.37. The summed E-state index contributed by atoms with van der Waals surface area (Å²) in [6.07, 6.45) is 0.249. The van der Waals surface area contributed by atoms with Crippen LogP contribution in [0.25, 0.3) is 0 Å². The predicted molar refractivity (Wildman–Crippen MR) is 82.0 cm³/mol. The Labute approximate surface area is 126 Å². The van der Waals surface area contributed by atoms with Gasteiger partial charge >= 0.3 is 0 Å². The Hall–Kier alpha value is -2.01. The minimum absolute atomic E-state index is 0.0554. The summed E-state index contributed by atoms with van der Waals surface area (Å²) in [7, 11) is 0. The Morgan fingerprint density at radius 1 is 1.33 bits per heavy atom. The molecule has 110 valence electrons. The number of halogens is 1. The number of hydrogen-bond acceptors (Lipinski definition) is 2. The fraction of sp³-hybridized carbons (Fsp3) is 0.333. The molecule has 0 spiro atoms. The normalized spacial score (nSPS) is 17.7. The van der Waals surface area contributed by atoms with E-state index >= 15 is 0 Å². The first kappa shape index (κ1) is 13.9. The van der Waals surface area contributed by atoms with E-state index in [1.54, 1.807) is 16.8 Å². The van der Waals surface area contributed by atoms with Crippen molar-refractivity contribution in [2.45, 2.75) is 32.2 Å². The molecule has 0 radical (unpaired) electrons. The van der Waals surface area contributed by atoms with Crippen LogP contribution in [0, 0.1) is 0 Å². The highest BCUT2D eigenvalue weighted by atomic mass is 35.5. The van der Waals surface area contributed by atoms with E-state index in [-0.39, 0.29) is 29.8 Å². The average Bonchev–Trinajstić information content (AvgIpc) is 2.75. The van der Waals surface area contributed by atoms with Crippen LogP contribution < -0.4 is 10.9 Å². The van der Waals surface area contributed by atoms with Gasteiger partial charge in [0.05, 0.1) is 5.56 Å². The molecule has 6 heteroatoms. The van der Waals surface area contributed by atoms with Crippen LogP contribution in [0.15, 0.2) is 29.1 Å². The number of aromatic amines is 1. The molecule has 2 heterocycles. The van der Waals surface area contributed by atoms with Gasteiger partial charge in [-0.25, -0.2) is 0 Å². The lowest BCUT2D eigenvalue weighted by atomic mass is 9.87. The second-order valence-electron chi connectivity index (χ2n) is 5.53. The molecule has 1 aromatic heterocycles. The average molecular weight is 306 g/mol. The topological polar surface area (TPSA) is 66.9 Å². The number of fused-ring (bicyclic) bond motifs is 1. The third kappa shape index (κ3) is 2.38. The maximum atomic E-state index is 12.3. The summed E-state index contributed by atoms with van der Waals surface area (Å²) in [5.41, 5.74) is 1.32. The number of hydrogen-bond donors (Lipinski definition) is 2. The number of amides is 1. The van der Waals surface area contributed by atoms with Gasteiger partial charge in [-0.05, 0) is 31.5 Å². The molecular formula is C15H16ClN3O2. The summed E-state index contributed by atoms with van der Waals surface area (Å²) in [5, 5.41) is 6.20. The monoisotopic (exact) mass is 305 g/mol. The number of carbonyl (C=O) groups is 1. The summed E-state index contributed by atoms with van der Waals surface area (Å²) in [6.45, 7) is 3.90. The van der Waals surface area contributed by atoms with Crippen LogP contribution in [0.2, 0.25) is 5.02 Å². The molecule has 1 aliphatic heterocycles. The highest BCUT2D eigenvalue weighted by Crippen LogP contribution is 2.36. The molecular weight excluding hydrogens is 290 g/mol. The summed E-state index contributed by atoms with van der Waals surface area (Å²) < 4.78 is 1.70. The van der Waals surface area contributed by atoms with Crippen molar-refractivity contribution in [3.05, 3.63) is 50.8 Å². The number of carbonyl (C=O) groups excluding carboxylic acids is 1. The minimum atomic E-state index is -0.267. The first-order valence-electron chi connectivity index (χ1n) is 6.87. The molecule has 1 amide bonds. The summed E-state index contributed by atoms with van der Waals surface area (Å²) in [5.74, 6) is 0.202. The highest BCUT2D eigenvalue weighted by molar-refractivity contribution is 6.30. The maximum Gasteiger partial charge on any atom is 0.270 e. The fourth-order valence-electron chi connectivity index (χ4n) is 2.78. The molecule has 1 aliphatic rings. The zero-order valence-corrected chi connectivity index (χ0v) is 12.6. The van der Waals surface area contributed by atoms with Gasteiger partial charge in [-0.15, -0.1) is 0 Å². The van der Waals surface area contributed by atoms with E-state index in [2.05, 4.69) is 10.4 Å². The largest absolute Gasteiger partial charge is 0.311 e. The van der Waals surface area contributed by atoms with Crippen molar-refractivity contribution < 1.29 is 4.79 Å². The third-order valence-electron chi connectivity index (χ3n) is 3.73. The number of benzene rings is 1. The zero-order chi connectivity index (χ0) is 15.1. The molecule has 1 aromatic carbocycles. The van der Waals surface area contributed by atoms with Crippen LogP contribution in [-0.2, 0) is 4.79 Å². The van der Waals surface area contributed by atoms with Gasteiger partial charge in [0.1, 0.15) is 5.82 Å². The molecule has 1 unspecified atom stereocenters. The van der Waals surface area contributed by atoms with Crippen LogP contribution in [-0.4, -0.2) is 15.7 Å². The Morgan fingerprint density at radius 3 is 2.76 bits per heavy atom. The van der Waals surface area contributed by atoms with Crippen molar-refractivity contribution in [2.75, 3.05) is 5.32 Å². The van der Waals surface area contributed by atoms with E-state index < -0.39 is 0 Å². The molecule has 5 nitrogen and oxygen atoms in total. The SMILES string of the molecule is CC(C)n1[nH]c(=O)c2c1NC(=O)CC2c1cccc(Cl)c1. The molecule has 0 aliphatic carbocycles. The smallest absolute Gasteiger partial charge is 0.270 e. The minimum Gasteiger partial charge on any atom is -0.311 e. The molecule has 2 aromatic rings. The molecule has 1 atom stereocenters. The van der Waals surface area contributed by atoms with Crippen LogP contribution >= 0.6 is 11.6 Å². The summed E-state index contributed by atoms with van der Waals surface area (Å²) >= 11 is 6.03. The molecule has 21 heavy (non-hydrogen) atoms. The molecule has 0 saturated carbocycles. The molecule has 3 rings (SSSR count). The number of nitrogens with zero attached hydrogens (tertiary/aromatic N) is 1. The number of anilines is 1. The molecule has 0 bridgehead atoms. The molecule has 0 saturated heterocycles. The number of aromatic nitrogens is 2. The van der Waals surface area contributed by atoms with Gasteiger partial charge in [-0.2, -0.15) is 0 Å². The van der Waals surface area contributed by atoms with Crippen molar-refractivity contribution in [2.24, 2.45) is 0 Å². The Bertz CT molecular complexity index is 761. The highest BCUT2D eigenvalue weighted by Gasteiger charge is 2.32. The van der Waals surface area contributed by atoms with E-state index in [1.165, 1.54) is 0 Å². The van der Waals surface area contributed by atoms with E-state index in [1.807, 2.05) is 26.0 Å². The number of nitrogens with one attached hydrogen (secondary N) is 2. The fourth-order valence-corrected chi connectivity index (χ4v) is 2.98. The predicted octanol–water partition coefficient (Wildman–Crippen LogP) is 2.88. The van der Waals surface area contributed by atoms with Crippen LogP contribution in [0.5, 0.6) is 0 Å². The van der Waals surface area contributed by atoms with Gasteiger partial charge in [-0.3, -0.25) is 19.4 Å². The summed E-state index contributed by atoms with van der Waals surface area (Å²) in [4.78, 5) is 24.3. The van der Waals surface area contributed by atoms with Gasteiger partial charge in [0.2, 0.25) is 5.91 Å². The van der Waals surface area contributed by atoms with Crippen LogP contribution in [0.3, 0.4) is 0 Å². The van der Waals surface area contributed by atoms with E-state index in [0.29, 0.717) is 16.4 Å². The van der Waals surface area contributed by atoms with Gasteiger partial charge < -0.3 is 5.32 Å². The van der Waals surface area contributed by atoms with Crippen LogP contribution in [0.4, 0.5) is 5.82 Å². The Morgan fingerprint density at radius 2 is 2.10 bits per heavy atom. The van der Waals surface area contributed by atoms with E-state index in [0.717, 1.165) is 5.56 Å². The standard InChI is InChI=1S/C15H16ClN3O2/c1-8(2)19-14-13(15(21)18-19)11(7-12(20)17-14)9-4-3-5-10(16)6-9/h3-6,8,11H,7H2,1-2H3,(H,17,20)(H,18,21). The first-order valence-corrected chi connectivity index (χ1v) is 7.25.